The second-order valence-electron chi connectivity index (χ2n) is 6.64. The second kappa shape index (κ2) is 8.42. The molecular weight excluding hydrogens is 378 g/mol. The summed E-state index contributed by atoms with van der Waals surface area (Å²) >= 11 is 6.30. The molecule has 1 N–H and O–H groups in total. The number of aliphatic hydroxyl groups is 1. The van der Waals surface area contributed by atoms with Gasteiger partial charge in [-0.1, -0.05) is 41.0 Å². The molecule has 2 atom stereocenters. The minimum Gasteiger partial charge on any atom is -0.399 e. The van der Waals surface area contributed by atoms with Crippen molar-refractivity contribution in [2.75, 3.05) is 13.7 Å². The molecule has 1 unspecified atom stereocenters. The number of amides is 1. The maximum absolute atomic E-state index is 13.0. The lowest BCUT2D eigenvalue weighted by Crippen LogP contribution is -2.41. The van der Waals surface area contributed by atoms with Gasteiger partial charge in [-0.2, -0.15) is 5.26 Å². The topological polar surface area (TPSA) is 85.9 Å². The molecule has 1 aliphatic rings. The van der Waals surface area contributed by atoms with Gasteiger partial charge in [-0.3, -0.25) is 4.79 Å². The Bertz CT molecular complexity index is 948. The van der Waals surface area contributed by atoms with Gasteiger partial charge in [0.25, 0.3) is 5.91 Å². The number of halogens is 1. The molecule has 1 aliphatic heterocycles. The summed E-state index contributed by atoms with van der Waals surface area (Å²) in [6.07, 6.45) is -0.202. The Morgan fingerprint density at radius 2 is 2.07 bits per heavy atom. The third kappa shape index (κ3) is 3.86. The maximum atomic E-state index is 13.0. The van der Waals surface area contributed by atoms with E-state index in [0.717, 1.165) is 16.8 Å². The van der Waals surface area contributed by atoms with E-state index in [2.05, 4.69) is 11.2 Å². The van der Waals surface area contributed by atoms with Crippen molar-refractivity contribution in [1.29, 1.82) is 5.26 Å². The van der Waals surface area contributed by atoms with Crippen LogP contribution in [0.15, 0.2) is 47.6 Å². The van der Waals surface area contributed by atoms with Gasteiger partial charge in [0.2, 0.25) is 0 Å². The highest BCUT2D eigenvalue weighted by Gasteiger charge is 2.36. The van der Waals surface area contributed by atoms with Gasteiger partial charge in [-0.25, -0.2) is 0 Å². The Morgan fingerprint density at radius 1 is 1.36 bits per heavy atom. The first-order chi connectivity index (χ1) is 13.5. The van der Waals surface area contributed by atoms with Crippen LogP contribution in [0.4, 0.5) is 0 Å². The highest BCUT2D eigenvalue weighted by atomic mass is 35.5. The largest absolute Gasteiger partial charge is 0.399 e. The quantitative estimate of drug-likeness (QED) is 0.800. The van der Waals surface area contributed by atoms with Crippen molar-refractivity contribution in [2.45, 2.75) is 25.5 Å². The van der Waals surface area contributed by atoms with E-state index in [1.807, 2.05) is 6.07 Å². The summed E-state index contributed by atoms with van der Waals surface area (Å²) in [5, 5.41) is 23.5. The van der Waals surface area contributed by atoms with Crippen molar-refractivity contribution in [2.24, 2.45) is 5.16 Å². The van der Waals surface area contributed by atoms with Crippen LogP contribution in [0.1, 0.15) is 29.3 Å². The van der Waals surface area contributed by atoms with Gasteiger partial charge in [0.05, 0.1) is 35.0 Å². The summed E-state index contributed by atoms with van der Waals surface area (Å²) in [5.74, 6) is -0.185. The molecular formula is C21H20ClN3O3. The zero-order chi connectivity index (χ0) is 20.3. The number of benzene rings is 2. The molecule has 7 heteroatoms. The van der Waals surface area contributed by atoms with Crippen LogP contribution in [-0.4, -0.2) is 47.4 Å². The molecule has 1 heterocycles. The molecule has 0 aromatic heterocycles. The normalized spacial score (nSPS) is 18.8. The second-order valence-corrected chi connectivity index (χ2v) is 7.02. The lowest BCUT2D eigenvalue weighted by Gasteiger charge is -2.26. The predicted octanol–water partition coefficient (Wildman–Crippen LogP) is 3.48. The fourth-order valence-corrected chi connectivity index (χ4v) is 3.66. The van der Waals surface area contributed by atoms with E-state index in [-0.39, 0.29) is 11.9 Å². The van der Waals surface area contributed by atoms with Crippen LogP contribution >= 0.6 is 11.6 Å². The summed E-state index contributed by atoms with van der Waals surface area (Å²) in [7, 11) is 1.46. The number of likely N-dealkylation sites (tertiary alicyclic amines) is 1. The van der Waals surface area contributed by atoms with Crippen LogP contribution in [0.25, 0.3) is 11.1 Å². The molecule has 2 aromatic rings. The van der Waals surface area contributed by atoms with Gasteiger partial charge in [0, 0.05) is 17.5 Å². The van der Waals surface area contributed by atoms with E-state index in [1.54, 1.807) is 48.2 Å². The number of hydrogen-bond donors (Lipinski definition) is 1. The number of nitrogens with zero attached hydrogens (tertiary/aromatic N) is 3. The van der Waals surface area contributed by atoms with Crippen LogP contribution in [-0.2, 0) is 4.84 Å². The molecule has 6 nitrogen and oxygen atoms in total. The van der Waals surface area contributed by atoms with Crippen LogP contribution in [0, 0.1) is 11.3 Å². The Balaban J connectivity index is 1.86. The fourth-order valence-electron chi connectivity index (χ4n) is 3.38. The molecule has 28 heavy (non-hydrogen) atoms. The third-order valence-electron chi connectivity index (χ3n) is 4.80. The number of carbonyl (C=O) groups excluding carboxylic acids is 1. The standard InChI is InChI=1S/C21H20ClN3O3/c1-13(26)19-10-17(24-28-2)12-25(19)21(27)15-8-6-14(7-9-15)18-5-3-4-16(11-23)20(18)22/h3-9,13,19,26H,10,12H2,1-2H3/b24-17-/t13?,19-/m0/s1. The summed E-state index contributed by atoms with van der Waals surface area (Å²) < 4.78 is 0. The molecule has 2 aromatic carbocycles. The average Bonchev–Trinajstić information content (AvgIpc) is 3.12. The number of aliphatic hydroxyl groups excluding tert-OH is 1. The van der Waals surface area contributed by atoms with Crippen molar-refractivity contribution in [3.63, 3.8) is 0 Å². The van der Waals surface area contributed by atoms with Crippen LogP contribution in [0.3, 0.4) is 0 Å². The minimum atomic E-state index is -0.680. The Hall–Kier alpha value is -2.88. The van der Waals surface area contributed by atoms with Crippen LogP contribution < -0.4 is 0 Å². The monoisotopic (exact) mass is 397 g/mol. The molecule has 0 radical (unpaired) electrons. The lowest BCUT2D eigenvalue weighted by atomic mass is 10.0. The van der Waals surface area contributed by atoms with E-state index in [1.165, 1.54) is 7.11 Å². The summed E-state index contributed by atoms with van der Waals surface area (Å²) in [4.78, 5) is 19.4. The average molecular weight is 398 g/mol. The van der Waals surface area contributed by atoms with Crippen molar-refractivity contribution in [3.05, 3.63) is 58.6 Å². The van der Waals surface area contributed by atoms with Gasteiger partial charge in [-0.05, 0) is 30.7 Å². The molecule has 0 bridgehead atoms. The predicted molar refractivity (Wildman–Crippen MR) is 107 cm³/mol. The fraction of sp³-hybridized carbons (Fsp3) is 0.286. The number of oxime groups is 1. The SMILES string of the molecule is CO/N=C1/C[C@@H](C(C)O)N(C(=O)c2ccc(-c3cccc(C#N)c3Cl)cc2)C1. The number of hydrogen-bond acceptors (Lipinski definition) is 5. The maximum Gasteiger partial charge on any atom is 0.254 e. The van der Waals surface area contributed by atoms with E-state index in [0.29, 0.717) is 29.1 Å². The van der Waals surface area contributed by atoms with Crippen molar-refractivity contribution in [3.8, 4) is 17.2 Å². The summed E-state index contributed by atoms with van der Waals surface area (Å²) in [6.45, 7) is 1.98. The summed E-state index contributed by atoms with van der Waals surface area (Å²) in [5.41, 5.74) is 3.17. The molecule has 0 saturated carbocycles. The van der Waals surface area contributed by atoms with Gasteiger partial charge >= 0.3 is 0 Å². The molecule has 3 rings (SSSR count). The lowest BCUT2D eigenvalue weighted by molar-refractivity contribution is 0.0538. The van der Waals surface area contributed by atoms with E-state index >= 15 is 0 Å². The first-order valence-corrected chi connectivity index (χ1v) is 9.21. The smallest absolute Gasteiger partial charge is 0.254 e. The van der Waals surface area contributed by atoms with Crippen molar-refractivity contribution >= 4 is 23.2 Å². The molecule has 0 spiro atoms. The number of rotatable bonds is 4. The van der Waals surface area contributed by atoms with Gasteiger partial charge < -0.3 is 14.8 Å². The van der Waals surface area contributed by atoms with Crippen LogP contribution in [0.5, 0.6) is 0 Å². The Morgan fingerprint density at radius 3 is 2.68 bits per heavy atom. The van der Waals surface area contributed by atoms with E-state index < -0.39 is 6.10 Å². The van der Waals surface area contributed by atoms with E-state index in [4.69, 9.17) is 21.7 Å². The molecule has 0 aliphatic carbocycles. The Labute approximate surface area is 168 Å². The number of carbonyl (C=O) groups is 1. The molecule has 1 amide bonds. The summed E-state index contributed by atoms with van der Waals surface area (Å²) in [6, 6.07) is 14.0. The zero-order valence-corrected chi connectivity index (χ0v) is 16.3. The zero-order valence-electron chi connectivity index (χ0n) is 15.6. The van der Waals surface area contributed by atoms with Gasteiger partial charge in [0.15, 0.2) is 0 Å². The minimum absolute atomic E-state index is 0.185. The van der Waals surface area contributed by atoms with Crippen LogP contribution in [0.2, 0.25) is 5.02 Å². The van der Waals surface area contributed by atoms with Crippen molar-refractivity contribution in [1.82, 2.24) is 4.90 Å². The van der Waals surface area contributed by atoms with Gasteiger partial charge in [-0.15, -0.1) is 0 Å². The molecule has 144 valence electrons. The Kier molecular flexibility index (Phi) is 5.98. The van der Waals surface area contributed by atoms with Crippen molar-refractivity contribution < 1.29 is 14.7 Å². The molecule has 1 fully saturated rings. The first-order valence-electron chi connectivity index (χ1n) is 8.83. The van der Waals surface area contributed by atoms with Gasteiger partial charge in [0.1, 0.15) is 13.2 Å². The third-order valence-corrected chi connectivity index (χ3v) is 5.21. The number of nitriles is 1. The highest BCUT2D eigenvalue weighted by molar-refractivity contribution is 6.34. The highest BCUT2D eigenvalue weighted by Crippen LogP contribution is 2.31. The first kappa shape index (κ1) is 19.9. The molecule has 1 saturated heterocycles. The van der Waals surface area contributed by atoms with E-state index in [9.17, 15) is 9.90 Å².